The molecule has 6 heteroatoms. The van der Waals surface area contributed by atoms with Gasteiger partial charge < -0.3 is 15.8 Å². The number of nitrogens with one attached hydrogen (secondary N) is 1. The standard InChI is InChI=1S/C14H18Cl2N2O2/c1-14(2,13(17)19)7-18-11-3-4-20-12-9(11)5-8(15)6-10(12)16/h5-6,11,18H,3-4,7H2,1-2H3,(H2,17,19). The number of halogens is 2. The molecule has 1 aromatic rings. The van der Waals surface area contributed by atoms with Gasteiger partial charge in [0.05, 0.1) is 17.0 Å². The minimum absolute atomic E-state index is 0.0496. The number of hydrogen-bond acceptors (Lipinski definition) is 3. The molecule has 0 fully saturated rings. The molecule has 0 saturated carbocycles. The number of ether oxygens (including phenoxy) is 1. The molecule has 4 nitrogen and oxygen atoms in total. The summed E-state index contributed by atoms with van der Waals surface area (Å²) in [4.78, 5) is 11.4. The fourth-order valence-corrected chi connectivity index (χ4v) is 2.67. The van der Waals surface area contributed by atoms with Gasteiger partial charge in [-0.15, -0.1) is 0 Å². The highest BCUT2D eigenvalue weighted by Crippen LogP contribution is 2.40. The fourth-order valence-electron chi connectivity index (χ4n) is 2.10. The maximum Gasteiger partial charge on any atom is 0.224 e. The summed E-state index contributed by atoms with van der Waals surface area (Å²) in [7, 11) is 0. The van der Waals surface area contributed by atoms with E-state index in [1.807, 2.05) is 19.9 Å². The minimum atomic E-state index is -0.610. The lowest BCUT2D eigenvalue weighted by atomic mass is 9.91. The average Bonchev–Trinajstić information content (AvgIpc) is 2.36. The zero-order valence-electron chi connectivity index (χ0n) is 11.5. The Morgan fingerprint density at radius 2 is 2.20 bits per heavy atom. The van der Waals surface area contributed by atoms with Crippen LogP contribution in [0.5, 0.6) is 5.75 Å². The predicted octanol–water partition coefficient (Wildman–Crippen LogP) is 2.92. The van der Waals surface area contributed by atoms with Gasteiger partial charge in [-0.05, 0) is 26.0 Å². The number of fused-ring (bicyclic) bond motifs is 1. The number of carbonyl (C=O) groups is 1. The van der Waals surface area contributed by atoms with Crippen molar-refractivity contribution in [1.29, 1.82) is 0 Å². The second-order valence-corrected chi connectivity index (χ2v) is 6.47. The Labute approximate surface area is 128 Å². The monoisotopic (exact) mass is 316 g/mol. The Kier molecular flexibility index (Phi) is 4.47. The summed E-state index contributed by atoms with van der Waals surface area (Å²) in [5.41, 5.74) is 5.70. The molecular formula is C14H18Cl2N2O2. The largest absolute Gasteiger partial charge is 0.492 e. The molecule has 0 saturated heterocycles. The second kappa shape index (κ2) is 5.80. The quantitative estimate of drug-likeness (QED) is 0.897. The van der Waals surface area contributed by atoms with Crippen molar-refractivity contribution in [3.05, 3.63) is 27.7 Å². The Hall–Kier alpha value is -0.970. The summed E-state index contributed by atoms with van der Waals surface area (Å²) >= 11 is 12.2. The summed E-state index contributed by atoms with van der Waals surface area (Å²) in [6.45, 7) is 4.68. The van der Waals surface area contributed by atoms with E-state index < -0.39 is 5.41 Å². The molecule has 1 aromatic carbocycles. The van der Waals surface area contributed by atoms with Gasteiger partial charge in [0.25, 0.3) is 0 Å². The lowest BCUT2D eigenvalue weighted by molar-refractivity contribution is -0.125. The van der Waals surface area contributed by atoms with Crippen LogP contribution < -0.4 is 15.8 Å². The Bertz CT molecular complexity index is 532. The Balaban J connectivity index is 2.19. The number of carbonyl (C=O) groups excluding carboxylic acids is 1. The van der Waals surface area contributed by atoms with E-state index in [1.165, 1.54) is 0 Å². The molecule has 1 unspecified atom stereocenters. The number of nitrogens with two attached hydrogens (primary N) is 1. The second-order valence-electron chi connectivity index (χ2n) is 5.62. The highest BCUT2D eigenvalue weighted by Gasteiger charge is 2.29. The maximum atomic E-state index is 11.4. The Morgan fingerprint density at radius 1 is 1.50 bits per heavy atom. The van der Waals surface area contributed by atoms with Crippen molar-refractivity contribution in [2.75, 3.05) is 13.2 Å². The topological polar surface area (TPSA) is 64.3 Å². The lowest BCUT2D eigenvalue weighted by Crippen LogP contribution is -2.42. The third-order valence-corrected chi connectivity index (χ3v) is 4.02. The van der Waals surface area contributed by atoms with Gasteiger partial charge in [-0.25, -0.2) is 0 Å². The zero-order valence-corrected chi connectivity index (χ0v) is 13.0. The summed E-state index contributed by atoms with van der Waals surface area (Å²) in [5, 5.41) is 4.43. The van der Waals surface area contributed by atoms with Crippen molar-refractivity contribution in [3.8, 4) is 5.75 Å². The molecule has 1 aliphatic heterocycles. The van der Waals surface area contributed by atoms with Crippen LogP contribution in [0.2, 0.25) is 10.0 Å². The van der Waals surface area contributed by atoms with Crippen LogP contribution in [0.25, 0.3) is 0 Å². The van der Waals surface area contributed by atoms with Crippen molar-refractivity contribution >= 4 is 29.1 Å². The van der Waals surface area contributed by atoms with Crippen LogP contribution in [0.3, 0.4) is 0 Å². The lowest BCUT2D eigenvalue weighted by Gasteiger charge is -2.30. The van der Waals surface area contributed by atoms with Gasteiger partial charge in [0.15, 0.2) is 0 Å². The van der Waals surface area contributed by atoms with Crippen LogP contribution >= 0.6 is 23.2 Å². The summed E-state index contributed by atoms with van der Waals surface area (Å²) in [6.07, 6.45) is 0.790. The first-order valence-corrected chi connectivity index (χ1v) is 7.22. The van der Waals surface area contributed by atoms with E-state index in [-0.39, 0.29) is 11.9 Å². The van der Waals surface area contributed by atoms with E-state index >= 15 is 0 Å². The molecule has 110 valence electrons. The number of benzene rings is 1. The highest BCUT2D eigenvalue weighted by molar-refractivity contribution is 6.35. The molecule has 3 N–H and O–H groups in total. The third kappa shape index (κ3) is 3.19. The Morgan fingerprint density at radius 3 is 2.85 bits per heavy atom. The van der Waals surface area contributed by atoms with Crippen LogP contribution in [0.4, 0.5) is 0 Å². The molecular weight excluding hydrogens is 299 g/mol. The molecule has 0 aromatic heterocycles. The number of primary amides is 1. The molecule has 1 amide bonds. The molecule has 0 bridgehead atoms. The number of amides is 1. The van der Waals surface area contributed by atoms with E-state index in [0.717, 1.165) is 12.0 Å². The van der Waals surface area contributed by atoms with E-state index in [1.54, 1.807) is 6.07 Å². The van der Waals surface area contributed by atoms with E-state index in [0.29, 0.717) is 28.9 Å². The van der Waals surface area contributed by atoms with E-state index in [9.17, 15) is 4.79 Å². The first-order valence-electron chi connectivity index (χ1n) is 6.46. The molecule has 1 aliphatic rings. The molecule has 0 radical (unpaired) electrons. The van der Waals surface area contributed by atoms with Gasteiger partial charge in [-0.3, -0.25) is 4.79 Å². The van der Waals surface area contributed by atoms with Gasteiger partial charge in [0, 0.05) is 29.6 Å². The predicted molar refractivity (Wildman–Crippen MR) is 80.3 cm³/mol. The van der Waals surface area contributed by atoms with Gasteiger partial charge in [-0.2, -0.15) is 0 Å². The average molecular weight is 317 g/mol. The fraction of sp³-hybridized carbons (Fsp3) is 0.500. The van der Waals surface area contributed by atoms with Crippen LogP contribution in [-0.4, -0.2) is 19.1 Å². The van der Waals surface area contributed by atoms with Gasteiger partial charge in [0.2, 0.25) is 5.91 Å². The third-order valence-electron chi connectivity index (χ3n) is 3.52. The van der Waals surface area contributed by atoms with Crippen LogP contribution in [0.1, 0.15) is 31.9 Å². The van der Waals surface area contributed by atoms with E-state index in [4.69, 9.17) is 33.7 Å². The molecule has 1 atom stereocenters. The molecule has 2 rings (SSSR count). The summed E-state index contributed by atoms with van der Waals surface area (Å²) < 4.78 is 5.60. The van der Waals surface area contributed by atoms with Crippen molar-refractivity contribution in [3.63, 3.8) is 0 Å². The first-order chi connectivity index (χ1) is 9.31. The molecule has 1 heterocycles. The SMILES string of the molecule is CC(C)(CNC1CCOc2c(Cl)cc(Cl)cc21)C(N)=O. The van der Waals surface area contributed by atoms with Crippen molar-refractivity contribution in [1.82, 2.24) is 5.32 Å². The maximum absolute atomic E-state index is 11.4. The molecule has 20 heavy (non-hydrogen) atoms. The molecule has 0 spiro atoms. The smallest absolute Gasteiger partial charge is 0.224 e. The van der Waals surface area contributed by atoms with E-state index in [2.05, 4.69) is 5.32 Å². The van der Waals surface area contributed by atoms with Crippen LogP contribution in [0, 0.1) is 5.41 Å². The molecule has 0 aliphatic carbocycles. The first kappa shape index (κ1) is 15.4. The minimum Gasteiger partial charge on any atom is -0.492 e. The number of hydrogen-bond donors (Lipinski definition) is 2. The normalized spacial score (nSPS) is 18.3. The van der Waals surface area contributed by atoms with Gasteiger partial charge in [0.1, 0.15) is 5.75 Å². The summed E-state index contributed by atoms with van der Waals surface area (Å²) in [6, 6.07) is 3.56. The number of rotatable bonds is 4. The van der Waals surface area contributed by atoms with Crippen molar-refractivity contribution in [2.45, 2.75) is 26.3 Å². The van der Waals surface area contributed by atoms with Crippen LogP contribution in [0.15, 0.2) is 12.1 Å². The van der Waals surface area contributed by atoms with Crippen LogP contribution in [-0.2, 0) is 4.79 Å². The zero-order chi connectivity index (χ0) is 14.9. The van der Waals surface area contributed by atoms with Gasteiger partial charge in [-0.1, -0.05) is 23.2 Å². The summed E-state index contributed by atoms with van der Waals surface area (Å²) in [5.74, 6) is 0.332. The van der Waals surface area contributed by atoms with Gasteiger partial charge >= 0.3 is 0 Å². The highest BCUT2D eigenvalue weighted by atomic mass is 35.5. The van der Waals surface area contributed by atoms with Crippen molar-refractivity contribution in [2.24, 2.45) is 11.1 Å². The van der Waals surface area contributed by atoms with Crippen molar-refractivity contribution < 1.29 is 9.53 Å².